The molecule has 0 radical (unpaired) electrons. The molecule has 2 N–H and O–H groups in total. The highest BCUT2D eigenvalue weighted by molar-refractivity contribution is 7.93. The predicted molar refractivity (Wildman–Crippen MR) is 126 cm³/mol. The van der Waals surface area contributed by atoms with Gasteiger partial charge < -0.3 is 19.3 Å². The number of aliphatic hydroxyl groups is 1. The van der Waals surface area contributed by atoms with Crippen LogP contribution < -0.4 is 14.2 Å². The third kappa shape index (κ3) is 4.92. The van der Waals surface area contributed by atoms with E-state index in [1.807, 2.05) is 0 Å². The van der Waals surface area contributed by atoms with E-state index < -0.39 is 21.4 Å². The Hall–Kier alpha value is -3.29. The second kappa shape index (κ2) is 10.1. The smallest absolute Gasteiger partial charge is 0.243 e. The van der Waals surface area contributed by atoms with Crippen molar-refractivity contribution in [1.29, 1.82) is 0 Å². The van der Waals surface area contributed by atoms with Crippen molar-refractivity contribution in [3.63, 3.8) is 0 Å². The fraction of sp³-hybridized carbons (Fsp3) is 0.455. The van der Waals surface area contributed by atoms with Crippen molar-refractivity contribution < 1.29 is 27.7 Å². The summed E-state index contributed by atoms with van der Waals surface area (Å²) >= 11 is 0. The lowest BCUT2D eigenvalue weighted by atomic mass is 10.1. The molecule has 1 aliphatic heterocycles. The van der Waals surface area contributed by atoms with E-state index in [0.717, 1.165) is 5.56 Å². The van der Waals surface area contributed by atoms with E-state index in [9.17, 15) is 13.5 Å². The minimum absolute atomic E-state index is 0.00475. The summed E-state index contributed by atoms with van der Waals surface area (Å²) in [7, 11) is -1.16. The van der Waals surface area contributed by atoms with Gasteiger partial charge in [0.1, 0.15) is 34.4 Å². The Balaban J connectivity index is 1.76. The Kier molecular flexibility index (Phi) is 7.19. The molecule has 1 unspecified atom stereocenters. The Labute approximate surface area is 203 Å². The summed E-state index contributed by atoms with van der Waals surface area (Å²) in [6.07, 6.45) is 2.26. The predicted octanol–water partition coefficient (Wildman–Crippen LogP) is 1.75. The van der Waals surface area contributed by atoms with Crippen LogP contribution in [0, 0.1) is 6.92 Å². The van der Waals surface area contributed by atoms with E-state index in [0.29, 0.717) is 42.6 Å². The summed E-state index contributed by atoms with van der Waals surface area (Å²) in [6.45, 7) is 4.14. The van der Waals surface area contributed by atoms with Gasteiger partial charge in [-0.2, -0.15) is 0 Å². The highest BCUT2D eigenvalue weighted by Crippen LogP contribution is 2.38. The summed E-state index contributed by atoms with van der Waals surface area (Å²) in [5, 5.41) is 17.8. The van der Waals surface area contributed by atoms with Crippen LogP contribution in [0.15, 0.2) is 30.6 Å². The number of aryl methyl sites for hydroxylation is 1. The number of nitrogens with one attached hydrogen (secondary N) is 1. The van der Waals surface area contributed by atoms with Crippen molar-refractivity contribution in [3.8, 4) is 17.2 Å². The van der Waals surface area contributed by atoms with E-state index in [1.54, 1.807) is 29.7 Å². The van der Waals surface area contributed by atoms with Crippen LogP contribution in [0.1, 0.15) is 42.6 Å². The highest BCUT2D eigenvalue weighted by atomic mass is 32.2. The number of methoxy groups -OCH3 is 2. The maximum Gasteiger partial charge on any atom is 0.243 e. The fourth-order valence-corrected chi connectivity index (χ4v) is 4.83. The first-order chi connectivity index (χ1) is 16.8. The number of anilines is 1. The van der Waals surface area contributed by atoms with Crippen LogP contribution in [0.4, 0.5) is 5.95 Å². The number of nitrogens with zero attached hydrogens (tertiary/aromatic N) is 5. The zero-order valence-electron chi connectivity index (χ0n) is 19.9. The maximum atomic E-state index is 13.3. The van der Waals surface area contributed by atoms with Gasteiger partial charge in [-0.25, -0.2) is 18.4 Å². The van der Waals surface area contributed by atoms with Crippen molar-refractivity contribution in [2.45, 2.75) is 37.5 Å². The first kappa shape index (κ1) is 24.8. The Bertz CT molecular complexity index is 1250. The normalized spacial score (nSPS) is 17.7. The molecule has 1 aromatic carbocycles. The molecule has 2 aromatic heterocycles. The molecule has 1 fully saturated rings. The zero-order valence-corrected chi connectivity index (χ0v) is 20.7. The van der Waals surface area contributed by atoms with Crippen LogP contribution >= 0.6 is 0 Å². The molecule has 13 heteroatoms. The van der Waals surface area contributed by atoms with E-state index in [-0.39, 0.29) is 17.7 Å². The summed E-state index contributed by atoms with van der Waals surface area (Å²) in [5.41, 5.74) is 1.23. The van der Waals surface area contributed by atoms with Crippen molar-refractivity contribution in [1.82, 2.24) is 24.7 Å². The molecule has 0 spiro atoms. The average Bonchev–Trinajstić information content (AvgIpc) is 3.52. The van der Waals surface area contributed by atoms with Gasteiger partial charge in [-0.15, -0.1) is 10.2 Å². The fourth-order valence-electron chi connectivity index (χ4n) is 3.79. The summed E-state index contributed by atoms with van der Waals surface area (Å²) in [5.74, 6) is 1.19. The SMILES string of the molecule is COc1cccc(OC)c1-n1c(NS(=O)(=O)[C@@H](C)[C@H](O)c2ncc(C)cn2)nnc1C1CCOC1. The number of hydrogen-bond acceptors (Lipinski definition) is 10. The van der Waals surface area contributed by atoms with Crippen LogP contribution in [0.2, 0.25) is 0 Å². The minimum atomic E-state index is -4.17. The number of aromatic nitrogens is 5. The molecule has 3 heterocycles. The van der Waals surface area contributed by atoms with Crippen LogP contribution in [0.5, 0.6) is 11.5 Å². The minimum Gasteiger partial charge on any atom is -0.494 e. The molecule has 1 saturated heterocycles. The van der Waals surface area contributed by atoms with Crippen LogP contribution in [-0.2, 0) is 14.8 Å². The molecule has 0 bridgehead atoms. The highest BCUT2D eigenvalue weighted by Gasteiger charge is 2.35. The summed E-state index contributed by atoms with van der Waals surface area (Å²) < 4.78 is 47.3. The number of aliphatic hydroxyl groups excluding tert-OH is 1. The number of benzene rings is 1. The van der Waals surface area contributed by atoms with E-state index >= 15 is 0 Å². The van der Waals surface area contributed by atoms with Gasteiger partial charge in [0.2, 0.25) is 16.0 Å². The van der Waals surface area contributed by atoms with E-state index in [2.05, 4.69) is 24.9 Å². The lowest BCUT2D eigenvalue weighted by Gasteiger charge is -2.21. The molecule has 0 saturated carbocycles. The molecule has 3 aromatic rings. The van der Waals surface area contributed by atoms with E-state index in [4.69, 9.17) is 14.2 Å². The first-order valence-electron chi connectivity index (χ1n) is 11.0. The molecule has 0 aliphatic carbocycles. The molecule has 12 nitrogen and oxygen atoms in total. The second-order valence-corrected chi connectivity index (χ2v) is 10.2. The molecule has 35 heavy (non-hydrogen) atoms. The van der Waals surface area contributed by atoms with Crippen molar-refractivity contribution in [2.75, 3.05) is 32.2 Å². The van der Waals surface area contributed by atoms with Crippen LogP contribution in [0.3, 0.4) is 0 Å². The van der Waals surface area contributed by atoms with Gasteiger partial charge in [0.05, 0.1) is 20.8 Å². The largest absolute Gasteiger partial charge is 0.494 e. The van der Waals surface area contributed by atoms with E-state index in [1.165, 1.54) is 33.5 Å². The lowest BCUT2D eigenvalue weighted by Crippen LogP contribution is -2.32. The lowest BCUT2D eigenvalue weighted by molar-refractivity contribution is 0.166. The van der Waals surface area contributed by atoms with Gasteiger partial charge in [-0.05, 0) is 38.0 Å². The number of ether oxygens (including phenoxy) is 3. The third-order valence-corrected chi connectivity index (χ3v) is 7.55. The van der Waals surface area contributed by atoms with Gasteiger partial charge >= 0.3 is 0 Å². The van der Waals surface area contributed by atoms with Gasteiger partial charge in [0.15, 0.2) is 5.82 Å². The number of para-hydroxylation sites is 1. The molecule has 188 valence electrons. The topological polar surface area (TPSA) is 151 Å². The number of sulfonamides is 1. The Morgan fingerprint density at radius 3 is 2.40 bits per heavy atom. The van der Waals surface area contributed by atoms with Crippen molar-refractivity contribution in [2.24, 2.45) is 0 Å². The van der Waals surface area contributed by atoms with Crippen molar-refractivity contribution >= 4 is 16.0 Å². The van der Waals surface area contributed by atoms with Gasteiger partial charge in [0.25, 0.3) is 0 Å². The van der Waals surface area contributed by atoms with Crippen LogP contribution in [0.25, 0.3) is 5.69 Å². The van der Waals surface area contributed by atoms with Gasteiger partial charge in [-0.1, -0.05) is 6.07 Å². The Morgan fingerprint density at radius 2 is 1.83 bits per heavy atom. The molecule has 1 aliphatic rings. The van der Waals surface area contributed by atoms with Crippen molar-refractivity contribution in [3.05, 3.63) is 47.8 Å². The molecular formula is C22H28N6O6S. The first-order valence-corrected chi connectivity index (χ1v) is 12.5. The second-order valence-electron chi connectivity index (χ2n) is 8.20. The molecule has 4 rings (SSSR count). The third-order valence-electron chi connectivity index (χ3n) is 5.84. The zero-order chi connectivity index (χ0) is 25.2. The number of rotatable bonds is 9. The standard InChI is InChI=1S/C22H28N6O6S/c1-13-10-23-20(24-11-13)19(29)14(2)35(30,31)27-22-26-25-21(15-8-9-34-12-15)28(22)18-16(32-3)6-5-7-17(18)33-4/h5-7,10-11,14-15,19,29H,8-9,12H2,1-4H3,(H,26,27)/t14-,15?,19-/m0/s1. The van der Waals surface area contributed by atoms with Crippen LogP contribution in [-0.4, -0.2) is 70.9 Å². The number of hydrogen-bond donors (Lipinski definition) is 2. The maximum absolute atomic E-state index is 13.3. The summed E-state index contributed by atoms with van der Waals surface area (Å²) in [4.78, 5) is 8.11. The Morgan fingerprint density at radius 1 is 1.17 bits per heavy atom. The molecule has 3 atom stereocenters. The van der Waals surface area contributed by atoms with Gasteiger partial charge in [0, 0.05) is 24.9 Å². The van der Waals surface area contributed by atoms with Gasteiger partial charge in [-0.3, -0.25) is 9.29 Å². The quantitative estimate of drug-likeness (QED) is 0.441. The average molecular weight is 505 g/mol. The summed E-state index contributed by atoms with van der Waals surface area (Å²) in [6, 6.07) is 5.21. The monoisotopic (exact) mass is 504 g/mol. The molecular weight excluding hydrogens is 476 g/mol. The molecule has 0 amide bonds.